The summed E-state index contributed by atoms with van der Waals surface area (Å²) in [5.41, 5.74) is 3.23. The van der Waals surface area contributed by atoms with Crippen molar-refractivity contribution in [2.75, 3.05) is 6.61 Å². The number of benzene rings is 3. The first kappa shape index (κ1) is 19.4. The molecule has 1 unspecified atom stereocenters. The van der Waals surface area contributed by atoms with Crippen molar-refractivity contribution in [3.63, 3.8) is 0 Å². The monoisotopic (exact) mass is 374 g/mol. The molecular weight excluding hydrogens is 352 g/mol. The Morgan fingerprint density at radius 1 is 0.786 bits per heavy atom. The minimum Gasteiger partial charge on any atom is -0.482 e. The van der Waals surface area contributed by atoms with Gasteiger partial charge in [-0.15, -0.1) is 0 Å². The number of Topliss-reactive ketones (excluding diaryl/α,β-unsaturated/α-hetero) is 1. The van der Waals surface area contributed by atoms with Crippen LogP contribution in [0.25, 0.3) is 0 Å². The van der Waals surface area contributed by atoms with Gasteiger partial charge in [-0.25, -0.2) is 4.79 Å². The van der Waals surface area contributed by atoms with Crippen molar-refractivity contribution in [3.8, 4) is 5.75 Å². The topological polar surface area (TPSA) is 52.6 Å². The van der Waals surface area contributed by atoms with Crippen molar-refractivity contribution in [2.24, 2.45) is 0 Å². The summed E-state index contributed by atoms with van der Waals surface area (Å²) < 4.78 is 11.0. The van der Waals surface area contributed by atoms with Crippen molar-refractivity contribution >= 4 is 11.8 Å². The van der Waals surface area contributed by atoms with E-state index < -0.39 is 12.1 Å². The average Bonchev–Trinajstić information content (AvgIpc) is 2.72. The van der Waals surface area contributed by atoms with Crippen LogP contribution in [-0.4, -0.2) is 18.4 Å². The number of ether oxygens (including phenoxy) is 2. The molecule has 0 aliphatic heterocycles. The molecule has 1 atom stereocenters. The first-order chi connectivity index (χ1) is 13.5. The van der Waals surface area contributed by atoms with Gasteiger partial charge in [-0.2, -0.15) is 0 Å². The van der Waals surface area contributed by atoms with Gasteiger partial charge in [0.2, 0.25) is 5.78 Å². The van der Waals surface area contributed by atoms with E-state index in [1.54, 1.807) is 36.4 Å². The lowest BCUT2D eigenvalue weighted by atomic mass is 9.98. The number of hydrogen-bond donors (Lipinski definition) is 0. The zero-order valence-corrected chi connectivity index (χ0v) is 15.9. The minimum atomic E-state index is -1.02. The second kappa shape index (κ2) is 9.00. The highest BCUT2D eigenvalue weighted by Gasteiger charge is 2.26. The first-order valence-corrected chi connectivity index (χ1v) is 9.08. The third-order valence-electron chi connectivity index (χ3n) is 4.30. The van der Waals surface area contributed by atoms with Crippen LogP contribution in [0.4, 0.5) is 0 Å². The van der Waals surface area contributed by atoms with E-state index in [-0.39, 0.29) is 12.4 Å². The lowest BCUT2D eigenvalue weighted by Gasteiger charge is -2.18. The number of para-hydroxylation sites is 1. The lowest BCUT2D eigenvalue weighted by Crippen LogP contribution is -2.23. The van der Waals surface area contributed by atoms with Crippen LogP contribution in [0.3, 0.4) is 0 Å². The maximum atomic E-state index is 13.0. The lowest BCUT2D eigenvalue weighted by molar-refractivity contribution is -0.149. The standard InChI is InChI=1S/C24H22O4/c1-17-8-12-19(13-9-17)23(26)24(20-14-10-18(2)11-15-20)28-22(25)16-27-21-6-4-3-5-7-21/h3-15,24H,16H2,1-2H3. The van der Waals surface area contributed by atoms with Crippen molar-refractivity contribution < 1.29 is 19.1 Å². The summed E-state index contributed by atoms with van der Waals surface area (Å²) in [4.78, 5) is 25.4. The Morgan fingerprint density at radius 2 is 1.36 bits per heavy atom. The molecule has 4 heteroatoms. The Hall–Kier alpha value is -3.40. The van der Waals surface area contributed by atoms with E-state index in [0.717, 1.165) is 11.1 Å². The number of ketones is 1. The molecule has 0 fully saturated rings. The van der Waals surface area contributed by atoms with E-state index in [1.807, 2.05) is 56.3 Å². The van der Waals surface area contributed by atoms with Gasteiger partial charge in [0.1, 0.15) is 5.75 Å². The predicted octanol–water partition coefficient (Wildman–Crippen LogP) is 4.85. The average molecular weight is 374 g/mol. The van der Waals surface area contributed by atoms with Gasteiger partial charge in [0.05, 0.1) is 0 Å². The fraction of sp³-hybridized carbons (Fsp3) is 0.167. The van der Waals surface area contributed by atoms with Crippen LogP contribution < -0.4 is 4.74 Å². The third kappa shape index (κ3) is 5.07. The molecular formula is C24H22O4. The van der Waals surface area contributed by atoms with E-state index in [2.05, 4.69) is 0 Å². The van der Waals surface area contributed by atoms with Gasteiger partial charge in [0.25, 0.3) is 0 Å². The number of hydrogen-bond acceptors (Lipinski definition) is 4. The molecule has 0 spiro atoms. The normalized spacial score (nSPS) is 11.5. The summed E-state index contributed by atoms with van der Waals surface area (Å²) in [6.45, 7) is 3.64. The molecule has 4 nitrogen and oxygen atoms in total. The largest absolute Gasteiger partial charge is 0.482 e. The Balaban J connectivity index is 1.77. The van der Waals surface area contributed by atoms with Crippen LogP contribution in [0.15, 0.2) is 78.9 Å². The molecule has 0 heterocycles. The minimum absolute atomic E-state index is 0.267. The summed E-state index contributed by atoms with van der Waals surface area (Å²) in [6.07, 6.45) is -1.02. The Bertz CT molecular complexity index is 929. The Morgan fingerprint density at radius 3 is 1.96 bits per heavy atom. The molecule has 0 aliphatic rings. The zero-order valence-electron chi connectivity index (χ0n) is 15.9. The molecule has 0 radical (unpaired) electrons. The highest BCUT2D eigenvalue weighted by atomic mass is 16.6. The maximum absolute atomic E-state index is 13.0. The first-order valence-electron chi connectivity index (χ1n) is 9.08. The molecule has 3 aromatic carbocycles. The molecule has 0 amide bonds. The number of carbonyl (C=O) groups excluding carboxylic acids is 2. The van der Waals surface area contributed by atoms with Crippen LogP contribution in [0, 0.1) is 13.8 Å². The summed E-state index contributed by atoms with van der Waals surface area (Å²) >= 11 is 0. The van der Waals surface area contributed by atoms with E-state index in [4.69, 9.17) is 9.47 Å². The number of esters is 1. The summed E-state index contributed by atoms with van der Waals surface area (Å²) in [7, 11) is 0. The van der Waals surface area contributed by atoms with Crippen LogP contribution in [0.1, 0.15) is 33.2 Å². The molecule has 0 aliphatic carbocycles. The summed E-state index contributed by atoms with van der Waals surface area (Å²) in [5.74, 6) is -0.303. The van der Waals surface area contributed by atoms with Crippen molar-refractivity contribution in [3.05, 3.63) is 101 Å². The van der Waals surface area contributed by atoms with Crippen LogP contribution >= 0.6 is 0 Å². The van der Waals surface area contributed by atoms with Gasteiger partial charge in [0, 0.05) is 11.1 Å². The second-order valence-electron chi connectivity index (χ2n) is 6.61. The van der Waals surface area contributed by atoms with Crippen LogP contribution in [-0.2, 0) is 9.53 Å². The van der Waals surface area contributed by atoms with Gasteiger partial charge in [-0.3, -0.25) is 4.79 Å². The molecule has 28 heavy (non-hydrogen) atoms. The third-order valence-corrected chi connectivity index (χ3v) is 4.30. The molecule has 0 bridgehead atoms. The van der Waals surface area contributed by atoms with Crippen molar-refractivity contribution in [1.29, 1.82) is 0 Å². The molecule has 142 valence electrons. The van der Waals surface area contributed by atoms with Crippen LogP contribution in [0.2, 0.25) is 0 Å². The molecule has 3 aromatic rings. The summed E-state index contributed by atoms with van der Waals surface area (Å²) in [5, 5.41) is 0. The fourth-order valence-electron chi connectivity index (χ4n) is 2.71. The highest BCUT2D eigenvalue weighted by Crippen LogP contribution is 2.24. The van der Waals surface area contributed by atoms with E-state index in [1.165, 1.54) is 0 Å². The number of rotatable bonds is 7. The fourth-order valence-corrected chi connectivity index (χ4v) is 2.71. The Kier molecular flexibility index (Phi) is 6.22. The van der Waals surface area contributed by atoms with Gasteiger partial charge in [-0.05, 0) is 26.0 Å². The van der Waals surface area contributed by atoms with Gasteiger partial charge < -0.3 is 9.47 Å². The van der Waals surface area contributed by atoms with Crippen molar-refractivity contribution in [1.82, 2.24) is 0 Å². The molecule has 0 saturated carbocycles. The van der Waals surface area contributed by atoms with Gasteiger partial charge >= 0.3 is 5.97 Å². The Labute approximate surface area is 164 Å². The summed E-state index contributed by atoms with van der Waals surface area (Å²) in [6, 6.07) is 23.6. The van der Waals surface area contributed by atoms with Crippen LogP contribution in [0.5, 0.6) is 5.75 Å². The number of carbonyl (C=O) groups is 2. The molecule has 0 saturated heterocycles. The molecule has 3 rings (SSSR count). The van der Waals surface area contributed by atoms with Crippen molar-refractivity contribution in [2.45, 2.75) is 20.0 Å². The van der Waals surface area contributed by atoms with E-state index >= 15 is 0 Å². The van der Waals surface area contributed by atoms with Gasteiger partial charge in [0.15, 0.2) is 12.7 Å². The SMILES string of the molecule is Cc1ccc(C(=O)C(OC(=O)COc2ccccc2)c2ccc(C)cc2)cc1. The van der Waals surface area contributed by atoms with E-state index in [9.17, 15) is 9.59 Å². The number of aryl methyl sites for hydroxylation is 2. The van der Waals surface area contributed by atoms with Gasteiger partial charge in [-0.1, -0.05) is 77.9 Å². The second-order valence-corrected chi connectivity index (χ2v) is 6.61. The zero-order chi connectivity index (χ0) is 19.9. The van der Waals surface area contributed by atoms with E-state index in [0.29, 0.717) is 16.9 Å². The maximum Gasteiger partial charge on any atom is 0.345 e. The quantitative estimate of drug-likeness (QED) is 0.438. The molecule has 0 N–H and O–H groups in total. The highest BCUT2D eigenvalue weighted by molar-refractivity contribution is 6.01. The predicted molar refractivity (Wildman–Crippen MR) is 107 cm³/mol. The smallest absolute Gasteiger partial charge is 0.345 e. The molecule has 0 aromatic heterocycles.